The fourth-order valence-electron chi connectivity index (χ4n) is 1.99. The summed E-state index contributed by atoms with van der Waals surface area (Å²) in [6.07, 6.45) is 1.42. The first-order chi connectivity index (χ1) is 9.95. The smallest absolute Gasteiger partial charge is 0.122 e. The number of aliphatic hydroxyl groups excluding tert-OH is 1. The molecule has 2 rings (SSSR count). The molecule has 0 bridgehead atoms. The highest BCUT2D eigenvalue weighted by Crippen LogP contribution is 2.19. The lowest BCUT2D eigenvalue weighted by atomic mass is 10.1. The van der Waals surface area contributed by atoms with Crippen LogP contribution in [0.25, 0.3) is 0 Å². The molecule has 4 nitrogen and oxygen atoms in total. The molecule has 21 heavy (non-hydrogen) atoms. The van der Waals surface area contributed by atoms with E-state index >= 15 is 0 Å². The second-order valence-electron chi connectivity index (χ2n) is 5.43. The maximum absolute atomic E-state index is 10.2. The average molecular weight is 309 g/mol. The Hall–Kier alpha value is -1.52. The van der Waals surface area contributed by atoms with Gasteiger partial charge in [0.05, 0.1) is 11.8 Å². The van der Waals surface area contributed by atoms with E-state index in [2.05, 4.69) is 18.9 Å². The van der Waals surface area contributed by atoms with Gasteiger partial charge in [-0.25, -0.2) is 0 Å². The van der Waals surface area contributed by atoms with Crippen molar-refractivity contribution >= 4 is 11.6 Å². The number of hydrogen-bond acceptors (Lipinski definition) is 3. The molecule has 2 atom stereocenters. The third-order valence-corrected chi connectivity index (χ3v) is 3.51. The molecule has 1 N–H and O–H groups in total. The maximum Gasteiger partial charge on any atom is 0.122 e. The molecule has 1 heterocycles. The minimum absolute atomic E-state index is 0.316. The fourth-order valence-corrected chi connectivity index (χ4v) is 2.17. The fraction of sp³-hybridized carbons (Fsp3) is 0.438. The van der Waals surface area contributed by atoms with Gasteiger partial charge in [-0.2, -0.15) is 5.10 Å². The number of benzene rings is 1. The number of ether oxygens (including phenoxy) is 1. The molecule has 1 aromatic carbocycles. The monoisotopic (exact) mass is 308 g/mol. The standard InChI is InChI=1S/C16H21ClN2O2/c1-11(2)19-8-7-14(18-19)10-16(20)12(3)21-15-6-4-5-13(17)9-15/h4-9,11-12,16,20H,10H2,1-3H3. The lowest BCUT2D eigenvalue weighted by Crippen LogP contribution is -2.30. The molecule has 1 aromatic heterocycles. The molecule has 0 spiro atoms. The molecular weight excluding hydrogens is 288 g/mol. The summed E-state index contributed by atoms with van der Waals surface area (Å²) >= 11 is 5.91. The van der Waals surface area contributed by atoms with Gasteiger partial charge in [-0.05, 0) is 45.0 Å². The summed E-state index contributed by atoms with van der Waals surface area (Å²) in [7, 11) is 0. The number of rotatable bonds is 6. The van der Waals surface area contributed by atoms with Crippen molar-refractivity contribution in [3.05, 3.63) is 47.2 Å². The first-order valence-electron chi connectivity index (χ1n) is 7.10. The average Bonchev–Trinajstić information content (AvgIpc) is 2.87. The van der Waals surface area contributed by atoms with Crippen molar-refractivity contribution < 1.29 is 9.84 Å². The van der Waals surface area contributed by atoms with Crippen LogP contribution in [0.15, 0.2) is 36.5 Å². The Morgan fingerprint density at radius 3 is 2.67 bits per heavy atom. The molecule has 0 saturated heterocycles. The summed E-state index contributed by atoms with van der Waals surface area (Å²) in [5, 5.41) is 15.3. The maximum atomic E-state index is 10.2. The Kier molecular flexibility index (Phi) is 5.26. The zero-order valence-electron chi connectivity index (χ0n) is 12.5. The van der Waals surface area contributed by atoms with E-state index in [0.717, 1.165) is 5.69 Å². The van der Waals surface area contributed by atoms with Crippen molar-refractivity contribution in [2.24, 2.45) is 0 Å². The highest BCUT2D eigenvalue weighted by Gasteiger charge is 2.18. The van der Waals surface area contributed by atoms with E-state index in [-0.39, 0.29) is 6.10 Å². The van der Waals surface area contributed by atoms with Crippen LogP contribution in [0.3, 0.4) is 0 Å². The second kappa shape index (κ2) is 6.96. The van der Waals surface area contributed by atoms with Gasteiger partial charge in [0.1, 0.15) is 11.9 Å². The van der Waals surface area contributed by atoms with E-state index in [1.54, 1.807) is 12.1 Å². The van der Waals surface area contributed by atoms with Crippen LogP contribution in [0.1, 0.15) is 32.5 Å². The van der Waals surface area contributed by atoms with Crippen LogP contribution in [-0.4, -0.2) is 27.1 Å². The molecule has 0 amide bonds. The Bertz CT molecular complexity index is 583. The first-order valence-corrected chi connectivity index (χ1v) is 7.48. The summed E-state index contributed by atoms with van der Waals surface area (Å²) in [5.74, 6) is 0.654. The summed E-state index contributed by atoms with van der Waals surface area (Å²) < 4.78 is 7.59. The third kappa shape index (κ3) is 4.48. The molecular formula is C16H21ClN2O2. The van der Waals surface area contributed by atoms with Crippen molar-refractivity contribution in [3.63, 3.8) is 0 Å². The molecule has 5 heteroatoms. The SMILES string of the molecule is CC(Oc1cccc(Cl)c1)C(O)Cc1ccn(C(C)C)n1. The van der Waals surface area contributed by atoms with Gasteiger partial charge in [-0.3, -0.25) is 4.68 Å². The van der Waals surface area contributed by atoms with Crippen molar-refractivity contribution in [2.75, 3.05) is 0 Å². The number of halogens is 1. The van der Waals surface area contributed by atoms with E-state index in [0.29, 0.717) is 23.2 Å². The summed E-state index contributed by atoms with van der Waals surface area (Å²) in [6, 6.07) is 9.40. The normalized spacial score (nSPS) is 14.2. The molecule has 0 saturated carbocycles. The Balaban J connectivity index is 1.94. The summed E-state index contributed by atoms with van der Waals surface area (Å²) in [6.45, 7) is 5.97. The minimum atomic E-state index is -0.625. The van der Waals surface area contributed by atoms with Crippen LogP contribution in [0.4, 0.5) is 0 Å². The predicted molar refractivity (Wildman–Crippen MR) is 83.9 cm³/mol. The molecule has 114 valence electrons. The van der Waals surface area contributed by atoms with Crippen molar-refractivity contribution in [1.29, 1.82) is 0 Å². The quantitative estimate of drug-likeness (QED) is 0.888. The van der Waals surface area contributed by atoms with Crippen molar-refractivity contribution in [1.82, 2.24) is 9.78 Å². The lowest BCUT2D eigenvalue weighted by molar-refractivity contribution is 0.0471. The lowest BCUT2D eigenvalue weighted by Gasteiger charge is -2.20. The zero-order valence-corrected chi connectivity index (χ0v) is 13.3. The third-order valence-electron chi connectivity index (χ3n) is 3.27. The van der Waals surface area contributed by atoms with Gasteiger partial charge >= 0.3 is 0 Å². The van der Waals surface area contributed by atoms with E-state index in [9.17, 15) is 5.11 Å². The van der Waals surface area contributed by atoms with Crippen LogP contribution in [0, 0.1) is 0 Å². The van der Waals surface area contributed by atoms with Crippen LogP contribution >= 0.6 is 11.6 Å². The number of aromatic nitrogens is 2. The van der Waals surface area contributed by atoms with Gasteiger partial charge in [0.25, 0.3) is 0 Å². The van der Waals surface area contributed by atoms with Gasteiger partial charge in [0.15, 0.2) is 0 Å². The molecule has 0 aliphatic carbocycles. The number of nitrogens with zero attached hydrogens (tertiary/aromatic N) is 2. The van der Waals surface area contributed by atoms with E-state index < -0.39 is 6.10 Å². The van der Waals surface area contributed by atoms with Gasteiger partial charge in [-0.15, -0.1) is 0 Å². The highest BCUT2D eigenvalue weighted by molar-refractivity contribution is 6.30. The van der Waals surface area contributed by atoms with E-state index in [1.807, 2.05) is 36.0 Å². The molecule has 0 aliphatic rings. The second-order valence-corrected chi connectivity index (χ2v) is 5.87. The summed E-state index contributed by atoms with van der Waals surface area (Å²) in [5.41, 5.74) is 0.859. The van der Waals surface area contributed by atoms with E-state index in [1.165, 1.54) is 0 Å². The molecule has 2 unspecified atom stereocenters. The molecule has 0 radical (unpaired) electrons. The van der Waals surface area contributed by atoms with E-state index in [4.69, 9.17) is 16.3 Å². The Morgan fingerprint density at radius 1 is 1.29 bits per heavy atom. The Morgan fingerprint density at radius 2 is 2.05 bits per heavy atom. The topological polar surface area (TPSA) is 47.3 Å². The highest BCUT2D eigenvalue weighted by atomic mass is 35.5. The molecule has 0 fully saturated rings. The largest absolute Gasteiger partial charge is 0.488 e. The molecule has 2 aromatic rings. The number of hydrogen-bond donors (Lipinski definition) is 1. The van der Waals surface area contributed by atoms with Crippen LogP contribution in [0.2, 0.25) is 5.02 Å². The van der Waals surface area contributed by atoms with Crippen molar-refractivity contribution in [3.8, 4) is 5.75 Å². The van der Waals surface area contributed by atoms with Gasteiger partial charge < -0.3 is 9.84 Å². The van der Waals surface area contributed by atoms with Gasteiger partial charge in [0, 0.05) is 23.7 Å². The van der Waals surface area contributed by atoms with Crippen LogP contribution < -0.4 is 4.74 Å². The van der Waals surface area contributed by atoms with Crippen molar-refractivity contribution in [2.45, 2.75) is 45.4 Å². The number of aliphatic hydroxyl groups is 1. The first kappa shape index (κ1) is 15.9. The predicted octanol–water partition coefficient (Wildman–Crippen LogP) is 3.49. The summed E-state index contributed by atoms with van der Waals surface area (Å²) in [4.78, 5) is 0. The minimum Gasteiger partial charge on any atom is -0.488 e. The van der Waals surface area contributed by atoms with Gasteiger partial charge in [0.2, 0.25) is 0 Å². The molecule has 0 aliphatic heterocycles. The zero-order chi connectivity index (χ0) is 15.4. The van der Waals surface area contributed by atoms with Gasteiger partial charge in [-0.1, -0.05) is 17.7 Å². The Labute approximate surface area is 130 Å². The van der Waals surface area contributed by atoms with Crippen LogP contribution in [0.5, 0.6) is 5.75 Å². The van der Waals surface area contributed by atoms with Crippen LogP contribution in [-0.2, 0) is 6.42 Å².